The monoisotopic (exact) mass is 380 g/mol. The molecule has 1 amide bonds. The van der Waals surface area contributed by atoms with Crippen molar-refractivity contribution >= 4 is 5.91 Å². The summed E-state index contributed by atoms with van der Waals surface area (Å²) < 4.78 is 16.3. The highest BCUT2D eigenvalue weighted by Gasteiger charge is 2.12. The minimum Gasteiger partial charge on any atom is -0.493 e. The SMILES string of the molecule is CCOc1ccc(C(=O)NCCc2coc(-c3ccc(C)cc3)n2)cc1OC. The van der Waals surface area contributed by atoms with E-state index < -0.39 is 0 Å². The molecule has 0 aliphatic rings. The number of aromatic nitrogens is 1. The van der Waals surface area contributed by atoms with Gasteiger partial charge in [-0.2, -0.15) is 0 Å². The van der Waals surface area contributed by atoms with Gasteiger partial charge in [-0.15, -0.1) is 0 Å². The van der Waals surface area contributed by atoms with E-state index in [-0.39, 0.29) is 5.91 Å². The van der Waals surface area contributed by atoms with Crippen LogP contribution in [0.15, 0.2) is 53.1 Å². The average Bonchev–Trinajstić information content (AvgIpc) is 3.18. The summed E-state index contributed by atoms with van der Waals surface area (Å²) in [6.45, 7) is 4.92. The molecule has 2 aromatic carbocycles. The molecule has 0 saturated carbocycles. The van der Waals surface area contributed by atoms with Crippen LogP contribution in [-0.4, -0.2) is 31.2 Å². The van der Waals surface area contributed by atoms with Crippen molar-refractivity contribution in [1.29, 1.82) is 0 Å². The number of hydrogen-bond donors (Lipinski definition) is 1. The predicted molar refractivity (Wildman–Crippen MR) is 107 cm³/mol. The molecule has 1 heterocycles. The Hall–Kier alpha value is -3.28. The number of aryl methyl sites for hydroxylation is 1. The molecule has 0 atom stereocenters. The Kier molecular flexibility index (Phi) is 6.32. The highest BCUT2D eigenvalue weighted by Crippen LogP contribution is 2.28. The second kappa shape index (κ2) is 9.08. The molecule has 0 spiro atoms. The van der Waals surface area contributed by atoms with Crippen LogP contribution in [0.4, 0.5) is 0 Å². The molecular weight excluding hydrogens is 356 g/mol. The van der Waals surface area contributed by atoms with Crippen molar-refractivity contribution in [1.82, 2.24) is 10.3 Å². The third-order valence-corrected chi connectivity index (χ3v) is 4.24. The fraction of sp³-hybridized carbons (Fsp3) is 0.273. The van der Waals surface area contributed by atoms with Crippen LogP contribution < -0.4 is 14.8 Å². The summed E-state index contributed by atoms with van der Waals surface area (Å²) in [5.41, 5.74) is 3.42. The summed E-state index contributed by atoms with van der Waals surface area (Å²) in [5.74, 6) is 1.56. The van der Waals surface area contributed by atoms with E-state index in [1.165, 1.54) is 5.56 Å². The molecule has 0 fully saturated rings. The summed E-state index contributed by atoms with van der Waals surface area (Å²) in [5, 5.41) is 2.89. The zero-order valence-electron chi connectivity index (χ0n) is 16.3. The highest BCUT2D eigenvalue weighted by molar-refractivity contribution is 5.94. The standard InChI is InChI=1S/C22H24N2O4/c1-4-27-19-10-9-17(13-20(19)26-3)21(25)23-12-11-18-14-28-22(24-18)16-7-5-15(2)6-8-16/h5-10,13-14H,4,11-12H2,1-3H3,(H,23,25). The van der Waals surface area contributed by atoms with Crippen LogP contribution in [0, 0.1) is 6.92 Å². The van der Waals surface area contributed by atoms with Crippen LogP contribution in [0.5, 0.6) is 11.5 Å². The van der Waals surface area contributed by atoms with Gasteiger partial charge in [-0.25, -0.2) is 4.98 Å². The number of methoxy groups -OCH3 is 1. The van der Waals surface area contributed by atoms with E-state index in [9.17, 15) is 4.79 Å². The molecule has 3 aromatic rings. The maximum absolute atomic E-state index is 12.4. The van der Waals surface area contributed by atoms with Gasteiger partial charge in [0.15, 0.2) is 11.5 Å². The van der Waals surface area contributed by atoms with Crippen molar-refractivity contribution < 1.29 is 18.7 Å². The van der Waals surface area contributed by atoms with E-state index in [0.29, 0.717) is 42.5 Å². The number of amides is 1. The number of nitrogens with zero attached hydrogens (tertiary/aromatic N) is 1. The van der Waals surface area contributed by atoms with Gasteiger partial charge in [0.05, 0.1) is 19.4 Å². The third kappa shape index (κ3) is 4.71. The van der Waals surface area contributed by atoms with Gasteiger partial charge in [0, 0.05) is 24.1 Å². The van der Waals surface area contributed by atoms with Crippen LogP contribution >= 0.6 is 0 Å². The van der Waals surface area contributed by atoms with E-state index in [0.717, 1.165) is 11.3 Å². The lowest BCUT2D eigenvalue weighted by Crippen LogP contribution is -2.25. The summed E-state index contributed by atoms with van der Waals surface area (Å²) in [4.78, 5) is 16.9. The predicted octanol–water partition coefficient (Wildman–Crippen LogP) is 4.03. The number of nitrogens with one attached hydrogen (secondary N) is 1. The molecule has 6 heteroatoms. The lowest BCUT2D eigenvalue weighted by Gasteiger charge is -2.11. The lowest BCUT2D eigenvalue weighted by atomic mass is 10.1. The summed E-state index contributed by atoms with van der Waals surface area (Å²) in [7, 11) is 1.55. The quantitative estimate of drug-likeness (QED) is 0.639. The second-order valence-electron chi connectivity index (χ2n) is 6.31. The number of carbonyl (C=O) groups excluding carboxylic acids is 1. The smallest absolute Gasteiger partial charge is 0.251 e. The molecule has 0 aliphatic heterocycles. The molecule has 0 unspecified atom stereocenters. The molecule has 0 radical (unpaired) electrons. The summed E-state index contributed by atoms with van der Waals surface area (Å²) in [6, 6.07) is 13.1. The number of benzene rings is 2. The van der Waals surface area contributed by atoms with Gasteiger partial charge < -0.3 is 19.2 Å². The van der Waals surface area contributed by atoms with E-state index in [4.69, 9.17) is 13.9 Å². The fourth-order valence-electron chi connectivity index (χ4n) is 2.74. The van der Waals surface area contributed by atoms with Crippen molar-refractivity contribution in [2.45, 2.75) is 20.3 Å². The normalized spacial score (nSPS) is 10.5. The largest absolute Gasteiger partial charge is 0.493 e. The van der Waals surface area contributed by atoms with Crippen LogP contribution in [0.1, 0.15) is 28.5 Å². The molecule has 146 valence electrons. The number of rotatable bonds is 8. The Labute approximate surface area is 164 Å². The minimum absolute atomic E-state index is 0.177. The Morgan fingerprint density at radius 1 is 1.14 bits per heavy atom. The van der Waals surface area contributed by atoms with E-state index in [1.54, 1.807) is 31.6 Å². The van der Waals surface area contributed by atoms with Crippen LogP contribution in [0.25, 0.3) is 11.5 Å². The van der Waals surface area contributed by atoms with Crippen molar-refractivity contribution in [3.05, 3.63) is 65.5 Å². The molecule has 6 nitrogen and oxygen atoms in total. The van der Waals surface area contributed by atoms with Crippen molar-refractivity contribution in [3.8, 4) is 23.0 Å². The maximum atomic E-state index is 12.4. The third-order valence-electron chi connectivity index (χ3n) is 4.24. The van der Waals surface area contributed by atoms with Gasteiger partial charge in [0.25, 0.3) is 5.91 Å². The van der Waals surface area contributed by atoms with Gasteiger partial charge in [0.2, 0.25) is 5.89 Å². The highest BCUT2D eigenvalue weighted by atomic mass is 16.5. The van der Waals surface area contributed by atoms with E-state index in [1.807, 2.05) is 38.1 Å². The molecule has 0 saturated heterocycles. The number of hydrogen-bond acceptors (Lipinski definition) is 5. The number of ether oxygens (including phenoxy) is 2. The maximum Gasteiger partial charge on any atom is 0.251 e. The first-order valence-corrected chi connectivity index (χ1v) is 9.21. The zero-order valence-corrected chi connectivity index (χ0v) is 16.3. The summed E-state index contributed by atoms with van der Waals surface area (Å²) >= 11 is 0. The van der Waals surface area contributed by atoms with Gasteiger partial charge in [-0.05, 0) is 44.2 Å². The molecule has 0 bridgehead atoms. The average molecular weight is 380 g/mol. The van der Waals surface area contributed by atoms with Gasteiger partial charge in [-0.1, -0.05) is 17.7 Å². The summed E-state index contributed by atoms with van der Waals surface area (Å²) in [6.07, 6.45) is 2.20. The first-order valence-electron chi connectivity index (χ1n) is 9.21. The lowest BCUT2D eigenvalue weighted by molar-refractivity contribution is 0.0953. The van der Waals surface area contributed by atoms with Crippen molar-refractivity contribution in [2.24, 2.45) is 0 Å². The molecule has 1 aromatic heterocycles. The topological polar surface area (TPSA) is 73.6 Å². The van der Waals surface area contributed by atoms with Crippen LogP contribution in [0.3, 0.4) is 0 Å². The van der Waals surface area contributed by atoms with Gasteiger partial charge in [-0.3, -0.25) is 4.79 Å². The molecule has 3 rings (SSSR count). The van der Waals surface area contributed by atoms with E-state index >= 15 is 0 Å². The van der Waals surface area contributed by atoms with Crippen molar-refractivity contribution in [2.75, 3.05) is 20.3 Å². The molecular formula is C22H24N2O4. The Balaban J connectivity index is 1.56. The Morgan fingerprint density at radius 2 is 1.93 bits per heavy atom. The van der Waals surface area contributed by atoms with Gasteiger partial charge in [0.1, 0.15) is 6.26 Å². The second-order valence-corrected chi connectivity index (χ2v) is 6.31. The van der Waals surface area contributed by atoms with Crippen LogP contribution in [0.2, 0.25) is 0 Å². The zero-order chi connectivity index (χ0) is 19.9. The fourth-order valence-corrected chi connectivity index (χ4v) is 2.74. The molecule has 1 N–H and O–H groups in total. The first kappa shape index (κ1) is 19.5. The van der Waals surface area contributed by atoms with Gasteiger partial charge >= 0.3 is 0 Å². The first-order chi connectivity index (χ1) is 13.6. The van der Waals surface area contributed by atoms with Crippen LogP contribution in [-0.2, 0) is 6.42 Å². The number of oxazole rings is 1. The van der Waals surface area contributed by atoms with Crippen molar-refractivity contribution in [3.63, 3.8) is 0 Å². The Morgan fingerprint density at radius 3 is 2.64 bits per heavy atom. The minimum atomic E-state index is -0.177. The van der Waals surface area contributed by atoms with E-state index in [2.05, 4.69) is 10.3 Å². The molecule has 28 heavy (non-hydrogen) atoms. The molecule has 0 aliphatic carbocycles. The number of carbonyl (C=O) groups is 1. The Bertz CT molecular complexity index is 932.